The van der Waals surface area contributed by atoms with Crippen LogP contribution >= 0.6 is 0 Å². The maximum atomic E-state index is 12.6. The van der Waals surface area contributed by atoms with Gasteiger partial charge in [0.25, 0.3) is 5.91 Å². The first-order valence-corrected chi connectivity index (χ1v) is 9.45. The Morgan fingerprint density at radius 2 is 1.83 bits per heavy atom. The lowest BCUT2D eigenvalue weighted by Crippen LogP contribution is -2.46. The number of piperidine rings is 1. The van der Waals surface area contributed by atoms with Gasteiger partial charge in [0.1, 0.15) is 0 Å². The molecule has 1 saturated carbocycles. The second-order valence-corrected chi connectivity index (χ2v) is 7.51. The lowest BCUT2D eigenvalue weighted by atomic mass is 9.75. The van der Waals surface area contributed by atoms with Gasteiger partial charge in [-0.1, -0.05) is 49.6 Å². The van der Waals surface area contributed by atoms with E-state index < -0.39 is 0 Å². The molecule has 4 rings (SSSR count). The third-order valence-corrected chi connectivity index (χ3v) is 5.93. The molecule has 2 fully saturated rings. The molecule has 0 radical (unpaired) electrons. The predicted molar refractivity (Wildman–Crippen MR) is 95.8 cm³/mol. The van der Waals surface area contributed by atoms with Crippen LogP contribution in [-0.4, -0.2) is 47.7 Å². The summed E-state index contributed by atoms with van der Waals surface area (Å²) in [5, 5.41) is 6.27. The average Bonchev–Trinajstić information content (AvgIpc) is 3.13. The molecule has 4 heteroatoms. The Balaban J connectivity index is 1.34. The number of nitrogens with zero attached hydrogens (tertiary/aromatic N) is 3. The first kappa shape index (κ1) is 15.8. The van der Waals surface area contributed by atoms with Crippen molar-refractivity contribution < 1.29 is 4.79 Å². The number of carbonyl (C=O) groups is 1. The van der Waals surface area contributed by atoms with E-state index in [0.29, 0.717) is 6.54 Å². The van der Waals surface area contributed by atoms with Gasteiger partial charge in [-0.25, -0.2) is 5.01 Å². The van der Waals surface area contributed by atoms with E-state index in [9.17, 15) is 4.79 Å². The third kappa shape index (κ3) is 3.39. The molecule has 0 aromatic heterocycles. The number of hydrazone groups is 1. The van der Waals surface area contributed by atoms with Crippen LogP contribution in [0.5, 0.6) is 0 Å². The van der Waals surface area contributed by atoms with Crippen molar-refractivity contribution in [3.63, 3.8) is 0 Å². The summed E-state index contributed by atoms with van der Waals surface area (Å²) in [6.45, 7) is 3.45. The fourth-order valence-corrected chi connectivity index (χ4v) is 4.56. The zero-order chi connectivity index (χ0) is 16.4. The number of benzene rings is 1. The Morgan fingerprint density at radius 1 is 1.04 bits per heavy atom. The number of likely N-dealkylation sites (tertiary alicyclic amines) is 1. The number of carbonyl (C=O) groups excluding carboxylic acids is 1. The Morgan fingerprint density at radius 3 is 2.67 bits per heavy atom. The summed E-state index contributed by atoms with van der Waals surface area (Å²) < 4.78 is 0. The van der Waals surface area contributed by atoms with Gasteiger partial charge in [-0.3, -0.25) is 9.69 Å². The number of rotatable bonds is 3. The minimum Gasteiger partial charge on any atom is -0.294 e. The molecule has 1 aliphatic carbocycles. The molecular formula is C20H27N3O. The smallest absolute Gasteiger partial charge is 0.256 e. The van der Waals surface area contributed by atoms with Gasteiger partial charge in [-0.05, 0) is 36.8 Å². The Hall–Kier alpha value is -1.68. The zero-order valence-electron chi connectivity index (χ0n) is 14.4. The molecule has 1 saturated heterocycles. The van der Waals surface area contributed by atoms with Crippen LogP contribution in [-0.2, 0) is 4.79 Å². The van der Waals surface area contributed by atoms with Crippen molar-refractivity contribution >= 4 is 11.6 Å². The van der Waals surface area contributed by atoms with E-state index in [-0.39, 0.29) is 5.91 Å². The third-order valence-electron chi connectivity index (χ3n) is 5.93. The van der Waals surface area contributed by atoms with Gasteiger partial charge in [0.2, 0.25) is 0 Å². The first-order chi connectivity index (χ1) is 11.8. The molecule has 2 aliphatic heterocycles. The highest BCUT2D eigenvalue weighted by Gasteiger charge is 2.32. The van der Waals surface area contributed by atoms with E-state index in [0.717, 1.165) is 49.2 Å². The van der Waals surface area contributed by atoms with Crippen LogP contribution in [0.4, 0.5) is 0 Å². The van der Waals surface area contributed by atoms with E-state index >= 15 is 0 Å². The van der Waals surface area contributed by atoms with Crippen molar-refractivity contribution in [2.24, 2.45) is 16.9 Å². The van der Waals surface area contributed by atoms with Crippen molar-refractivity contribution in [2.75, 3.05) is 26.2 Å². The second-order valence-electron chi connectivity index (χ2n) is 7.51. The fraction of sp³-hybridized carbons (Fsp3) is 0.600. The second kappa shape index (κ2) is 7.06. The van der Waals surface area contributed by atoms with Crippen molar-refractivity contribution in [1.29, 1.82) is 0 Å². The largest absolute Gasteiger partial charge is 0.294 e. The lowest BCUT2D eigenvalue weighted by molar-refractivity contribution is -0.132. The van der Waals surface area contributed by atoms with Crippen molar-refractivity contribution in [1.82, 2.24) is 9.91 Å². The van der Waals surface area contributed by atoms with Crippen LogP contribution in [0.15, 0.2) is 35.4 Å². The first-order valence-electron chi connectivity index (χ1n) is 9.45. The summed E-state index contributed by atoms with van der Waals surface area (Å²) in [5.41, 5.74) is 2.17. The Kier molecular flexibility index (Phi) is 4.65. The molecule has 1 aromatic rings. The van der Waals surface area contributed by atoms with Crippen molar-refractivity contribution in [3.8, 4) is 0 Å². The van der Waals surface area contributed by atoms with Gasteiger partial charge in [0, 0.05) is 13.0 Å². The molecule has 0 N–H and O–H groups in total. The standard InChI is InChI=1S/C20H27N3O/c24-20(15-22-12-10-16-6-4-5-9-18(16)14-22)23-13-11-19(21-23)17-7-2-1-3-8-17/h1-3,7-8,16,18H,4-6,9-15H2/t16-,18-/m1/s1. The summed E-state index contributed by atoms with van der Waals surface area (Å²) in [6, 6.07) is 10.2. The summed E-state index contributed by atoms with van der Waals surface area (Å²) in [4.78, 5) is 15.0. The lowest BCUT2D eigenvalue weighted by Gasteiger charge is -2.41. The SMILES string of the molecule is O=C(CN1CC[C@H]2CCCC[C@@H]2C1)N1CCC(c2ccccc2)=N1. The average molecular weight is 325 g/mol. The van der Waals surface area contributed by atoms with E-state index in [1.54, 1.807) is 5.01 Å². The molecule has 2 atom stereocenters. The van der Waals surface area contributed by atoms with Gasteiger partial charge >= 0.3 is 0 Å². The summed E-state index contributed by atoms with van der Waals surface area (Å²) in [6.07, 6.45) is 7.68. The monoisotopic (exact) mass is 325 g/mol. The molecule has 1 amide bonds. The molecule has 0 spiro atoms. The molecule has 0 unspecified atom stereocenters. The quantitative estimate of drug-likeness (QED) is 0.856. The van der Waals surface area contributed by atoms with Crippen LogP contribution in [0.3, 0.4) is 0 Å². The van der Waals surface area contributed by atoms with Crippen LogP contribution in [0.25, 0.3) is 0 Å². The van der Waals surface area contributed by atoms with Gasteiger partial charge in [0.15, 0.2) is 0 Å². The topological polar surface area (TPSA) is 35.9 Å². The number of fused-ring (bicyclic) bond motifs is 1. The highest BCUT2D eigenvalue weighted by molar-refractivity contribution is 6.02. The molecule has 2 heterocycles. The predicted octanol–water partition coefficient (Wildman–Crippen LogP) is 3.14. The van der Waals surface area contributed by atoms with E-state index in [1.807, 2.05) is 18.2 Å². The normalized spacial score (nSPS) is 27.7. The summed E-state index contributed by atoms with van der Waals surface area (Å²) in [7, 11) is 0. The zero-order valence-corrected chi connectivity index (χ0v) is 14.4. The molecule has 1 aromatic carbocycles. The minimum absolute atomic E-state index is 0.162. The molecule has 128 valence electrons. The van der Waals surface area contributed by atoms with Gasteiger partial charge < -0.3 is 0 Å². The number of hydrogen-bond acceptors (Lipinski definition) is 3. The van der Waals surface area contributed by atoms with Crippen LogP contribution < -0.4 is 0 Å². The Bertz CT molecular complexity index is 613. The van der Waals surface area contributed by atoms with Crippen molar-refractivity contribution in [2.45, 2.75) is 38.5 Å². The van der Waals surface area contributed by atoms with E-state index in [2.05, 4.69) is 22.1 Å². The minimum atomic E-state index is 0.162. The summed E-state index contributed by atoms with van der Waals surface area (Å²) >= 11 is 0. The molecular weight excluding hydrogens is 298 g/mol. The van der Waals surface area contributed by atoms with Gasteiger partial charge in [0.05, 0.1) is 18.8 Å². The highest BCUT2D eigenvalue weighted by atomic mass is 16.2. The molecule has 24 heavy (non-hydrogen) atoms. The molecule has 0 bridgehead atoms. The molecule has 4 nitrogen and oxygen atoms in total. The van der Waals surface area contributed by atoms with Crippen molar-refractivity contribution in [3.05, 3.63) is 35.9 Å². The van der Waals surface area contributed by atoms with Gasteiger partial charge in [-0.2, -0.15) is 5.10 Å². The highest BCUT2D eigenvalue weighted by Crippen LogP contribution is 2.35. The van der Waals surface area contributed by atoms with Gasteiger partial charge in [-0.15, -0.1) is 0 Å². The number of hydrogen-bond donors (Lipinski definition) is 0. The Labute approximate surface area is 144 Å². The molecule has 3 aliphatic rings. The number of amides is 1. The maximum absolute atomic E-state index is 12.6. The van der Waals surface area contributed by atoms with Crippen LogP contribution in [0.1, 0.15) is 44.1 Å². The van der Waals surface area contributed by atoms with Crippen LogP contribution in [0, 0.1) is 11.8 Å². The van der Waals surface area contributed by atoms with E-state index in [1.165, 1.54) is 32.1 Å². The van der Waals surface area contributed by atoms with Crippen LogP contribution in [0.2, 0.25) is 0 Å². The summed E-state index contributed by atoms with van der Waals surface area (Å²) in [5.74, 6) is 1.90. The fourth-order valence-electron chi connectivity index (χ4n) is 4.56. The maximum Gasteiger partial charge on any atom is 0.256 e. The van der Waals surface area contributed by atoms with E-state index in [4.69, 9.17) is 0 Å².